The van der Waals surface area contributed by atoms with Crippen LogP contribution in [-0.2, 0) is 6.61 Å². The lowest BCUT2D eigenvalue weighted by Crippen LogP contribution is -2.16. The molecule has 0 amide bonds. The van der Waals surface area contributed by atoms with Crippen molar-refractivity contribution in [1.82, 2.24) is 0 Å². The number of aliphatic hydroxyl groups excluding tert-OH is 1. The van der Waals surface area contributed by atoms with Crippen molar-refractivity contribution in [3.63, 3.8) is 0 Å². The van der Waals surface area contributed by atoms with E-state index >= 15 is 0 Å². The van der Waals surface area contributed by atoms with E-state index in [0.29, 0.717) is 19.1 Å². The topological polar surface area (TPSA) is 38.7 Å². The van der Waals surface area contributed by atoms with Crippen LogP contribution in [0.3, 0.4) is 0 Å². The molecule has 0 aromatic heterocycles. The second-order valence-electron chi connectivity index (χ2n) is 4.01. The van der Waals surface area contributed by atoms with E-state index in [1.54, 1.807) is 0 Å². The average molecular weight is 208 g/mol. The Hall–Kier alpha value is -1.22. The lowest BCUT2D eigenvalue weighted by molar-refractivity contribution is 0.170. The van der Waals surface area contributed by atoms with Crippen molar-refractivity contribution in [2.75, 3.05) is 13.2 Å². The van der Waals surface area contributed by atoms with Crippen LogP contribution in [-0.4, -0.2) is 18.3 Å². The number of hydrogen-bond acceptors (Lipinski definition) is 3. The highest BCUT2D eigenvalue weighted by Gasteiger charge is 2.16. The van der Waals surface area contributed by atoms with Crippen LogP contribution in [0.1, 0.15) is 30.9 Å². The third kappa shape index (κ3) is 1.92. The summed E-state index contributed by atoms with van der Waals surface area (Å²) in [6, 6.07) is 3.86. The van der Waals surface area contributed by atoms with Crippen molar-refractivity contribution in [2.45, 2.75) is 26.4 Å². The first kappa shape index (κ1) is 10.3. The highest BCUT2D eigenvalue weighted by atomic mass is 16.6. The molecule has 3 nitrogen and oxygen atoms in total. The Morgan fingerprint density at radius 2 is 1.80 bits per heavy atom. The Kier molecular flexibility index (Phi) is 2.82. The standard InChI is InChI=1S/C12H16O3/c1-8(2)10-6-12-11(5-9(10)7-13)14-3-4-15-12/h5-6,8,13H,3-4,7H2,1-2H3. The maximum absolute atomic E-state index is 9.27. The van der Waals surface area contributed by atoms with Gasteiger partial charge in [0.15, 0.2) is 11.5 Å². The fourth-order valence-corrected chi connectivity index (χ4v) is 1.82. The zero-order valence-corrected chi connectivity index (χ0v) is 9.12. The molecule has 1 aromatic rings. The monoisotopic (exact) mass is 208 g/mol. The van der Waals surface area contributed by atoms with Crippen molar-refractivity contribution < 1.29 is 14.6 Å². The van der Waals surface area contributed by atoms with Gasteiger partial charge in [-0.05, 0) is 29.2 Å². The van der Waals surface area contributed by atoms with Crippen LogP contribution in [0, 0.1) is 0 Å². The summed E-state index contributed by atoms with van der Waals surface area (Å²) in [6.07, 6.45) is 0. The van der Waals surface area contributed by atoms with Gasteiger partial charge < -0.3 is 14.6 Å². The molecule has 0 aliphatic carbocycles. The van der Waals surface area contributed by atoms with E-state index in [1.165, 1.54) is 0 Å². The van der Waals surface area contributed by atoms with E-state index in [4.69, 9.17) is 9.47 Å². The summed E-state index contributed by atoms with van der Waals surface area (Å²) in [7, 11) is 0. The lowest BCUT2D eigenvalue weighted by Gasteiger charge is -2.21. The summed E-state index contributed by atoms with van der Waals surface area (Å²) in [6.45, 7) is 5.43. The van der Waals surface area contributed by atoms with Gasteiger partial charge in [-0.15, -0.1) is 0 Å². The molecular weight excluding hydrogens is 192 g/mol. The summed E-state index contributed by atoms with van der Waals surface area (Å²) in [5.41, 5.74) is 2.05. The Balaban J connectivity index is 2.46. The third-order valence-electron chi connectivity index (χ3n) is 2.60. The van der Waals surface area contributed by atoms with Crippen LogP contribution in [0.2, 0.25) is 0 Å². The summed E-state index contributed by atoms with van der Waals surface area (Å²) in [4.78, 5) is 0. The molecule has 0 fully saturated rings. The van der Waals surface area contributed by atoms with E-state index < -0.39 is 0 Å². The van der Waals surface area contributed by atoms with Crippen molar-refractivity contribution >= 4 is 0 Å². The van der Waals surface area contributed by atoms with Gasteiger partial charge in [-0.25, -0.2) is 0 Å². The van der Waals surface area contributed by atoms with Crippen LogP contribution in [0.15, 0.2) is 12.1 Å². The molecular formula is C12H16O3. The number of aliphatic hydroxyl groups is 1. The normalized spacial score (nSPS) is 14.4. The Morgan fingerprint density at radius 1 is 1.20 bits per heavy atom. The van der Waals surface area contributed by atoms with Crippen molar-refractivity contribution in [3.8, 4) is 11.5 Å². The molecule has 0 bridgehead atoms. The number of rotatable bonds is 2. The van der Waals surface area contributed by atoms with E-state index in [1.807, 2.05) is 12.1 Å². The van der Waals surface area contributed by atoms with Crippen LogP contribution in [0.5, 0.6) is 11.5 Å². The van der Waals surface area contributed by atoms with E-state index in [9.17, 15) is 5.11 Å². The molecule has 1 N–H and O–H groups in total. The molecule has 15 heavy (non-hydrogen) atoms. The van der Waals surface area contributed by atoms with Gasteiger partial charge >= 0.3 is 0 Å². The summed E-state index contributed by atoms with van der Waals surface area (Å²) >= 11 is 0. The summed E-state index contributed by atoms with van der Waals surface area (Å²) < 4.78 is 11.0. The number of hydrogen-bond donors (Lipinski definition) is 1. The fraction of sp³-hybridized carbons (Fsp3) is 0.500. The van der Waals surface area contributed by atoms with Crippen LogP contribution in [0.4, 0.5) is 0 Å². The maximum atomic E-state index is 9.27. The first-order valence-electron chi connectivity index (χ1n) is 5.25. The molecule has 0 radical (unpaired) electrons. The minimum Gasteiger partial charge on any atom is -0.486 e. The van der Waals surface area contributed by atoms with E-state index in [0.717, 1.165) is 22.6 Å². The van der Waals surface area contributed by atoms with Gasteiger partial charge in [0.2, 0.25) is 0 Å². The Morgan fingerprint density at radius 3 is 2.33 bits per heavy atom. The number of fused-ring (bicyclic) bond motifs is 1. The molecule has 3 heteroatoms. The SMILES string of the molecule is CC(C)c1cc2c(cc1CO)OCCO2. The molecule has 0 unspecified atom stereocenters. The largest absolute Gasteiger partial charge is 0.486 e. The molecule has 1 aliphatic rings. The zero-order valence-electron chi connectivity index (χ0n) is 9.12. The van der Waals surface area contributed by atoms with Gasteiger partial charge in [-0.2, -0.15) is 0 Å². The first-order valence-corrected chi connectivity index (χ1v) is 5.25. The van der Waals surface area contributed by atoms with Crippen molar-refractivity contribution in [3.05, 3.63) is 23.3 Å². The van der Waals surface area contributed by atoms with Gasteiger partial charge in [0, 0.05) is 0 Å². The van der Waals surface area contributed by atoms with Crippen molar-refractivity contribution in [1.29, 1.82) is 0 Å². The van der Waals surface area contributed by atoms with Crippen LogP contribution >= 0.6 is 0 Å². The molecule has 0 atom stereocenters. The highest BCUT2D eigenvalue weighted by molar-refractivity contribution is 5.48. The van der Waals surface area contributed by atoms with Gasteiger partial charge in [-0.1, -0.05) is 13.8 Å². The minimum atomic E-state index is 0.0458. The molecule has 82 valence electrons. The first-order chi connectivity index (χ1) is 7.22. The lowest BCUT2D eigenvalue weighted by atomic mass is 9.96. The van der Waals surface area contributed by atoms with Gasteiger partial charge in [0.1, 0.15) is 13.2 Å². The predicted molar refractivity (Wildman–Crippen MR) is 57.4 cm³/mol. The minimum absolute atomic E-state index is 0.0458. The molecule has 2 rings (SSSR count). The Labute approximate surface area is 89.6 Å². The van der Waals surface area contributed by atoms with Gasteiger partial charge in [-0.3, -0.25) is 0 Å². The molecule has 1 heterocycles. The Bertz CT molecular complexity index is 358. The highest BCUT2D eigenvalue weighted by Crippen LogP contribution is 2.35. The smallest absolute Gasteiger partial charge is 0.161 e. The molecule has 0 spiro atoms. The molecule has 0 saturated carbocycles. The molecule has 1 aliphatic heterocycles. The second kappa shape index (κ2) is 4.11. The molecule has 1 aromatic carbocycles. The van der Waals surface area contributed by atoms with E-state index in [2.05, 4.69) is 13.8 Å². The van der Waals surface area contributed by atoms with Gasteiger partial charge in [0.25, 0.3) is 0 Å². The number of ether oxygens (including phenoxy) is 2. The fourth-order valence-electron chi connectivity index (χ4n) is 1.82. The van der Waals surface area contributed by atoms with Crippen molar-refractivity contribution in [2.24, 2.45) is 0 Å². The predicted octanol–water partition coefficient (Wildman–Crippen LogP) is 2.07. The summed E-state index contributed by atoms with van der Waals surface area (Å²) in [5.74, 6) is 1.92. The van der Waals surface area contributed by atoms with Crippen LogP contribution in [0.25, 0.3) is 0 Å². The van der Waals surface area contributed by atoms with Gasteiger partial charge in [0.05, 0.1) is 6.61 Å². The average Bonchev–Trinajstić information content (AvgIpc) is 2.27. The van der Waals surface area contributed by atoms with Crippen LogP contribution < -0.4 is 9.47 Å². The third-order valence-corrected chi connectivity index (χ3v) is 2.60. The quantitative estimate of drug-likeness (QED) is 0.808. The summed E-state index contributed by atoms with van der Waals surface area (Å²) in [5, 5.41) is 9.27. The number of benzene rings is 1. The maximum Gasteiger partial charge on any atom is 0.161 e. The zero-order chi connectivity index (χ0) is 10.8. The van der Waals surface area contributed by atoms with E-state index in [-0.39, 0.29) is 6.61 Å². The molecule has 0 saturated heterocycles. The second-order valence-corrected chi connectivity index (χ2v) is 4.01.